The quantitative estimate of drug-likeness (QED) is 0.790. The van der Waals surface area contributed by atoms with Gasteiger partial charge in [0.25, 0.3) is 0 Å². The number of rotatable bonds is 5. The Balaban J connectivity index is 2.07. The van der Waals surface area contributed by atoms with E-state index >= 15 is 0 Å². The number of aliphatic hydroxyl groups excluding tert-OH is 2. The van der Waals surface area contributed by atoms with Crippen molar-refractivity contribution in [3.05, 3.63) is 54.1 Å². The van der Waals surface area contributed by atoms with Gasteiger partial charge in [0.15, 0.2) is 5.12 Å². The van der Waals surface area contributed by atoms with E-state index in [1.165, 1.54) is 6.92 Å². The number of aliphatic hydroxyl groups is 2. The number of aromatic hydroxyl groups is 1. The lowest BCUT2D eigenvalue weighted by Gasteiger charge is -2.17. The van der Waals surface area contributed by atoms with E-state index in [0.29, 0.717) is 5.56 Å². The summed E-state index contributed by atoms with van der Waals surface area (Å²) in [6.45, 7) is 1.43. The molecule has 0 fully saturated rings. The molecule has 0 heterocycles. The standard InChI is InChI=1S/C17H18O4S/c1-11(18)22-10-16(20)17(21)14-4-2-12(3-5-14)13-6-8-15(19)9-7-13/h2-9,16-17,19-21H,10H2,1H3. The first-order valence-electron chi connectivity index (χ1n) is 6.86. The number of hydrogen-bond acceptors (Lipinski definition) is 5. The molecule has 0 saturated carbocycles. The van der Waals surface area contributed by atoms with Crippen LogP contribution >= 0.6 is 11.8 Å². The van der Waals surface area contributed by atoms with Crippen molar-refractivity contribution < 1.29 is 20.1 Å². The molecule has 4 nitrogen and oxygen atoms in total. The molecule has 2 aromatic carbocycles. The monoisotopic (exact) mass is 318 g/mol. The van der Waals surface area contributed by atoms with Gasteiger partial charge in [0.05, 0.1) is 6.10 Å². The Morgan fingerprint density at radius 2 is 1.50 bits per heavy atom. The molecular weight excluding hydrogens is 300 g/mol. The van der Waals surface area contributed by atoms with Crippen LogP contribution in [0.3, 0.4) is 0 Å². The molecule has 0 aliphatic heterocycles. The third kappa shape index (κ3) is 4.34. The normalized spacial score (nSPS) is 13.6. The fraction of sp³-hybridized carbons (Fsp3) is 0.235. The summed E-state index contributed by atoms with van der Waals surface area (Å²) in [5.74, 6) is 0.373. The highest BCUT2D eigenvalue weighted by Gasteiger charge is 2.19. The number of phenols is 1. The molecule has 0 amide bonds. The highest BCUT2D eigenvalue weighted by atomic mass is 32.2. The van der Waals surface area contributed by atoms with Crippen LogP contribution in [0.2, 0.25) is 0 Å². The van der Waals surface area contributed by atoms with E-state index in [4.69, 9.17) is 0 Å². The largest absolute Gasteiger partial charge is 0.508 e. The highest BCUT2D eigenvalue weighted by Crippen LogP contribution is 2.25. The highest BCUT2D eigenvalue weighted by molar-refractivity contribution is 8.13. The number of hydrogen-bond donors (Lipinski definition) is 3. The second-order valence-electron chi connectivity index (χ2n) is 4.98. The van der Waals surface area contributed by atoms with Gasteiger partial charge < -0.3 is 15.3 Å². The van der Waals surface area contributed by atoms with Gasteiger partial charge in [0, 0.05) is 12.7 Å². The Bertz CT molecular complexity index is 622. The molecule has 0 bridgehead atoms. The van der Waals surface area contributed by atoms with Crippen LogP contribution in [0.5, 0.6) is 5.75 Å². The molecule has 0 spiro atoms. The van der Waals surface area contributed by atoms with Gasteiger partial charge in [-0.1, -0.05) is 48.2 Å². The summed E-state index contributed by atoms with van der Waals surface area (Å²) in [4.78, 5) is 10.9. The van der Waals surface area contributed by atoms with Crippen LogP contribution in [0.15, 0.2) is 48.5 Å². The van der Waals surface area contributed by atoms with Gasteiger partial charge in [0.1, 0.15) is 11.9 Å². The van der Waals surface area contributed by atoms with E-state index in [0.717, 1.165) is 22.9 Å². The van der Waals surface area contributed by atoms with E-state index in [1.54, 1.807) is 36.4 Å². The van der Waals surface area contributed by atoms with Gasteiger partial charge in [-0.3, -0.25) is 4.79 Å². The first-order valence-corrected chi connectivity index (χ1v) is 7.85. The second-order valence-corrected chi connectivity index (χ2v) is 6.18. The zero-order chi connectivity index (χ0) is 16.1. The molecule has 2 aromatic rings. The first kappa shape index (κ1) is 16.5. The summed E-state index contributed by atoms with van der Waals surface area (Å²) in [7, 11) is 0. The minimum atomic E-state index is -1.03. The molecule has 0 aromatic heterocycles. The Morgan fingerprint density at radius 1 is 1.00 bits per heavy atom. The fourth-order valence-corrected chi connectivity index (χ4v) is 2.63. The molecule has 116 valence electrons. The maximum absolute atomic E-state index is 10.9. The maximum Gasteiger partial charge on any atom is 0.185 e. The SMILES string of the molecule is CC(=O)SCC(O)C(O)c1ccc(-c2ccc(O)cc2)cc1. The zero-order valence-corrected chi connectivity index (χ0v) is 13.0. The molecule has 2 atom stereocenters. The topological polar surface area (TPSA) is 77.8 Å². The molecule has 0 saturated heterocycles. The van der Waals surface area contributed by atoms with Crippen molar-refractivity contribution in [2.75, 3.05) is 5.75 Å². The van der Waals surface area contributed by atoms with Crippen molar-refractivity contribution in [2.24, 2.45) is 0 Å². The van der Waals surface area contributed by atoms with Gasteiger partial charge in [-0.15, -0.1) is 0 Å². The van der Waals surface area contributed by atoms with Crippen LogP contribution in [0.4, 0.5) is 0 Å². The third-order valence-electron chi connectivity index (χ3n) is 3.27. The molecular formula is C17H18O4S. The van der Waals surface area contributed by atoms with E-state index < -0.39 is 12.2 Å². The first-order chi connectivity index (χ1) is 10.5. The summed E-state index contributed by atoms with van der Waals surface area (Å²) in [6.07, 6.45) is -2.02. The average Bonchev–Trinajstić information content (AvgIpc) is 2.53. The molecule has 2 unspecified atom stereocenters. The summed E-state index contributed by atoms with van der Waals surface area (Å²) >= 11 is 0.991. The van der Waals surface area contributed by atoms with Crippen molar-refractivity contribution in [1.82, 2.24) is 0 Å². The lowest BCUT2D eigenvalue weighted by atomic mass is 10.00. The number of carbonyl (C=O) groups excluding carboxylic acids is 1. The molecule has 22 heavy (non-hydrogen) atoms. The van der Waals surface area contributed by atoms with Gasteiger partial charge in [-0.2, -0.15) is 0 Å². The van der Waals surface area contributed by atoms with E-state index in [9.17, 15) is 20.1 Å². The lowest BCUT2D eigenvalue weighted by molar-refractivity contribution is -0.109. The van der Waals surface area contributed by atoms with Crippen LogP contribution in [0.25, 0.3) is 11.1 Å². The Kier molecular flexibility index (Phi) is 5.60. The van der Waals surface area contributed by atoms with Crippen LogP contribution < -0.4 is 0 Å². The predicted molar refractivity (Wildman–Crippen MR) is 87.6 cm³/mol. The summed E-state index contributed by atoms with van der Waals surface area (Å²) in [6, 6.07) is 14.0. The van der Waals surface area contributed by atoms with Crippen molar-refractivity contribution >= 4 is 16.9 Å². The van der Waals surface area contributed by atoms with E-state index in [2.05, 4.69) is 0 Å². The van der Waals surface area contributed by atoms with E-state index in [-0.39, 0.29) is 16.6 Å². The summed E-state index contributed by atoms with van der Waals surface area (Å²) in [5.41, 5.74) is 2.49. The van der Waals surface area contributed by atoms with Crippen LogP contribution in [-0.4, -0.2) is 32.3 Å². The number of thioether (sulfide) groups is 1. The van der Waals surface area contributed by atoms with Crippen LogP contribution in [0.1, 0.15) is 18.6 Å². The van der Waals surface area contributed by atoms with Crippen molar-refractivity contribution in [2.45, 2.75) is 19.1 Å². The number of carbonyl (C=O) groups is 1. The fourth-order valence-electron chi connectivity index (χ4n) is 2.04. The molecule has 0 radical (unpaired) electrons. The van der Waals surface area contributed by atoms with Gasteiger partial charge in [0.2, 0.25) is 0 Å². The minimum absolute atomic E-state index is 0.0890. The Hall–Kier alpha value is -1.82. The van der Waals surface area contributed by atoms with Gasteiger partial charge >= 0.3 is 0 Å². The lowest BCUT2D eigenvalue weighted by Crippen LogP contribution is -2.21. The summed E-state index contributed by atoms with van der Waals surface area (Å²) in [5, 5.41) is 29.2. The van der Waals surface area contributed by atoms with Gasteiger partial charge in [-0.05, 0) is 28.8 Å². The second kappa shape index (κ2) is 7.45. The summed E-state index contributed by atoms with van der Waals surface area (Å²) < 4.78 is 0. The average molecular weight is 318 g/mol. The maximum atomic E-state index is 10.9. The van der Waals surface area contributed by atoms with Crippen LogP contribution in [0, 0.1) is 0 Å². The Morgan fingerprint density at radius 3 is 2.00 bits per heavy atom. The van der Waals surface area contributed by atoms with Crippen LogP contribution in [-0.2, 0) is 4.79 Å². The number of benzene rings is 2. The van der Waals surface area contributed by atoms with Crippen molar-refractivity contribution in [3.8, 4) is 16.9 Å². The molecule has 0 aliphatic rings. The minimum Gasteiger partial charge on any atom is -0.508 e. The molecule has 2 rings (SSSR count). The zero-order valence-electron chi connectivity index (χ0n) is 12.1. The van der Waals surface area contributed by atoms with E-state index in [1.807, 2.05) is 12.1 Å². The van der Waals surface area contributed by atoms with Gasteiger partial charge in [-0.25, -0.2) is 0 Å². The Labute approximate surface area is 133 Å². The van der Waals surface area contributed by atoms with Crippen molar-refractivity contribution in [3.63, 3.8) is 0 Å². The number of phenolic OH excluding ortho intramolecular Hbond substituents is 1. The molecule has 3 N–H and O–H groups in total. The van der Waals surface area contributed by atoms with Crippen molar-refractivity contribution in [1.29, 1.82) is 0 Å². The smallest absolute Gasteiger partial charge is 0.185 e. The molecule has 0 aliphatic carbocycles. The third-order valence-corrected chi connectivity index (χ3v) is 4.19. The predicted octanol–water partition coefficient (Wildman–Crippen LogP) is 2.73. The molecule has 5 heteroatoms.